The second-order valence-corrected chi connectivity index (χ2v) is 5.98. The van der Waals surface area contributed by atoms with E-state index in [9.17, 15) is 0 Å². The normalized spacial score (nSPS) is 24.4. The van der Waals surface area contributed by atoms with Gasteiger partial charge in [-0.3, -0.25) is 4.98 Å². The van der Waals surface area contributed by atoms with E-state index in [1.54, 1.807) is 12.4 Å². The van der Waals surface area contributed by atoms with Crippen LogP contribution >= 0.6 is 23.2 Å². The predicted molar refractivity (Wildman–Crippen MR) is 74.2 cm³/mol. The average molecular weight is 284 g/mol. The van der Waals surface area contributed by atoms with Gasteiger partial charge >= 0.3 is 0 Å². The smallest absolute Gasteiger partial charge is 0.128 e. The van der Waals surface area contributed by atoms with Gasteiger partial charge in [0.15, 0.2) is 0 Å². The highest BCUT2D eigenvalue weighted by Crippen LogP contribution is 2.49. The van der Waals surface area contributed by atoms with Gasteiger partial charge in [-0.05, 0) is 19.3 Å². The quantitative estimate of drug-likeness (QED) is 0.784. The van der Waals surface area contributed by atoms with Crippen LogP contribution in [0.3, 0.4) is 0 Å². The molecule has 0 aromatic carbocycles. The number of hydrogen-bond acceptors (Lipinski definition) is 2. The van der Waals surface area contributed by atoms with Crippen LogP contribution in [0.25, 0.3) is 11.0 Å². The van der Waals surface area contributed by atoms with Crippen LogP contribution in [0.2, 0.25) is 5.02 Å². The van der Waals surface area contributed by atoms with Gasteiger partial charge < -0.3 is 4.57 Å². The van der Waals surface area contributed by atoms with Crippen molar-refractivity contribution in [3.63, 3.8) is 0 Å². The Labute approximate surface area is 116 Å². The highest BCUT2D eigenvalue weighted by atomic mass is 35.5. The molecule has 0 saturated heterocycles. The molecule has 0 bridgehead atoms. The Morgan fingerprint density at radius 3 is 2.89 bits per heavy atom. The molecule has 3 rings (SSSR count). The highest BCUT2D eigenvalue weighted by Gasteiger charge is 2.40. The molecule has 0 aliphatic heterocycles. The molecule has 0 spiro atoms. The Hall–Kier alpha value is -0.800. The van der Waals surface area contributed by atoms with Crippen molar-refractivity contribution in [3.8, 4) is 0 Å². The third-order valence-electron chi connectivity index (χ3n) is 3.67. The first-order valence-electron chi connectivity index (χ1n) is 6.28. The number of alkyl halides is 1. The minimum absolute atomic E-state index is 0.119. The Morgan fingerprint density at radius 2 is 2.28 bits per heavy atom. The van der Waals surface area contributed by atoms with E-state index in [1.807, 2.05) is 6.92 Å². The Kier molecular flexibility index (Phi) is 2.99. The molecule has 3 nitrogen and oxygen atoms in total. The van der Waals surface area contributed by atoms with Gasteiger partial charge in [-0.1, -0.05) is 24.9 Å². The van der Waals surface area contributed by atoms with Crippen molar-refractivity contribution in [3.05, 3.63) is 23.2 Å². The molecule has 3 unspecified atom stereocenters. The second-order valence-electron chi connectivity index (χ2n) is 4.92. The molecule has 1 aliphatic carbocycles. The van der Waals surface area contributed by atoms with Gasteiger partial charge in [0.25, 0.3) is 0 Å². The molecule has 0 radical (unpaired) electrons. The van der Waals surface area contributed by atoms with Crippen LogP contribution in [0, 0.1) is 5.92 Å². The lowest BCUT2D eigenvalue weighted by molar-refractivity contribution is 0.624. The van der Waals surface area contributed by atoms with Crippen LogP contribution in [-0.4, -0.2) is 14.5 Å². The van der Waals surface area contributed by atoms with Crippen molar-refractivity contribution >= 4 is 34.2 Å². The van der Waals surface area contributed by atoms with Gasteiger partial charge in [-0.2, -0.15) is 0 Å². The fourth-order valence-corrected chi connectivity index (χ4v) is 3.03. The SMILES string of the molecule is CCC1CC1n1c(C(C)Cl)nc2cncc(Cl)c21. The van der Waals surface area contributed by atoms with Crippen molar-refractivity contribution in [1.82, 2.24) is 14.5 Å². The predicted octanol–water partition coefficient (Wildman–Crippen LogP) is 4.36. The summed E-state index contributed by atoms with van der Waals surface area (Å²) in [6.07, 6.45) is 5.80. The van der Waals surface area contributed by atoms with Crippen LogP contribution in [0.1, 0.15) is 43.9 Å². The summed E-state index contributed by atoms with van der Waals surface area (Å²) in [5.41, 5.74) is 1.82. The summed E-state index contributed by atoms with van der Waals surface area (Å²) in [7, 11) is 0. The van der Waals surface area contributed by atoms with E-state index < -0.39 is 0 Å². The Balaban J connectivity index is 2.22. The molecular formula is C13H15Cl2N3. The number of pyridine rings is 1. The first kappa shape index (κ1) is 12.2. The van der Waals surface area contributed by atoms with E-state index in [2.05, 4.69) is 21.5 Å². The number of fused-ring (bicyclic) bond motifs is 1. The summed E-state index contributed by atoms with van der Waals surface area (Å²) >= 11 is 12.5. The number of halogens is 2. The highest BCUT2D eigenvalue weighted by molar-refractivity contribution is 6.34. The lowest BCUT2D eigenvalue weighted by atomic mass is 10.3. The first-order valence-corrected chi connectivity index (χ1v) is 7.10. The largest absolute Gasteiger partial charge is 0.322 e. The first-order chi connectivity index (χ1) is 8.63. The topological polar surface area (TPSA) is 30.7 Å². The molecule has 1 aliphatic rings. The van der Waals surface area contributed by atoms with Gasteiger partial charge in [0.05, 0.1) is 22.1 Å². The monoisotopic (exact) mass is 283 g/mol. The van der Waals surface area contributed by atoms with Gasteiger partial charge in [-0.25, -0.2) is 4.98 Å². The van der Waals surface area contributed by atoms with Crippen molar-refractivity contribution in [1.29, 1.82) is 0 Å². The van der Waals surface area contributed by atoms with Crippen LogP contribution in [0.4, 0.5) is 0 Å². The summed E-state index contributed by atoms with van der Waals surface area (Å²) in [5.74, 6) is 1.63. The van der Waals surface area contributed by atoms with Crippen LogP contribution < -0.4 is 0 Å². The number of rotatable bonds is 3. The molecule has 1 fully saturated rings. The standard InChI is InChI=1S/C13H15Cl2N3/c1-3-8-4-11(8)18-12-9(15)5-16-6-10(12)17-13(18)7(2)14/h5-8,11H,3-4H2,1-2H3. The summed E-state index contributed by atoms with van der Waals surface area (Å²) in [6.45, 7) is 4.17. The molecule has 5 heteroatoms. The van der Waals surface area contributed by atoms with Gasteiger partial charge in [0.1, 0.15) is 11.3 Å². The van der Waals surface area contributed by atoms with Crippen molar-refractivity contribution in [2.75, 3.05) is 0 Å². The zero-order valence-corrected chi connectivity index (χ0v) is 11.9. The lowest BCUT2D eigenvalue weighted by Crippen LogP contribution is -2.04. The molecule has 2 aromatic heterocycles. The van der Waals surface area contributed by atoms with Crippen molar-refractivity contribution < 1.29 is 0 Å². The van der Waals surface area contributed by atoms with E-state index in [0.717, 1.165) is 22.8 Å². The zero-order chi connectivity index (χ0) is 12.9. The molecule has 2 heterocycles. The lowest BCUT2D eigenvalue weighted by Gasteiger charge is -2.10. The fraction of sp³-hybridized carbons (Fsp3) is 0.538. The van der Waals surface area contributed by atoms with Crippen LogP contribution in [0.15, 0.2) is 12.4 Å². The summed E-state index contributed by atoms with van der Waals surface area (Å²) < 4.78 is 2.23. The molecule has 0 N–H and O–H groups in total. The molecule has 2 aromatic rings. The summed E-state index contributed by atoms with van der Waals surface area (Å²) in [5, 5.41) is 0.539. The maximum Gasteiger partial charge on any atom is 0.128 e. The maximum absolute atomic E-state index is 6.28. The van der Waals surface area contributed by atoms with Gasteiger partial charge in [0, 0.05) is 12.2 Å². The van der Waals surface area contributed by atoms with E-state index in [4.69, 9.17) is 23.2 Å². The van der Waals surface area contributed by atoms with E-state index >= 15 is 0 Å². The summed E-state index contributed by atoms with van der Waals surface area (Å²) in [4.78, 5) is 8.68. The minimum atomic E-state index is -0.119. The second kappa shape index (κ2) is 4.39. The van der Waals surface area contributed by atoms with Crippen molar-refractivity contribution in [2.24, 2.45) is 5.92 Å². The Morgan fingerprint density at radius 1 is 1.50 bits per heavy atom. The molecule has 96 valence electrons. The van der Waals surface area contributed by atoms with Crippen LogP contribution in [0.5, 0.6) is 0 Å². The van der Waals surface area contributed by atoms with E-state index in [0.29, 0.717) is 11.1 Å². The average Bonchev–Trinajstić information content (AvgIpc) is 3.01. The van der Waals surface area contributed by atoms with Crippen LogP contribution in [-0.2, 0) is 0 Å². The molecular weight excluding hydrogens is 269 g/mol. The minimum Gasteiger partial charge on any atom is -0.322 e. The fourth-order valence-electron chi connectivity index (χ4n) is 2.63. The molecule has 3 atom stereocenters. The number of nitrogens with zero attached hydrogens (tertiary/aromatic N) is 3. The number of hydrogen-bond donors (Lipinski definition) is 0. The third kappa shape index (κ3) is 1.81. The molecule has 1 saturated carbocycles. The van der Waals surface area contributed by atoms with E-state index in [-0.39, 0.29) is 5.38 Å². The zero-order valence-electron chi connectivity index (χ0n) is 10.4. The maximum atomic E-state index is 6.28. The Bertz CT molecular complexity index is 591. The summed E-state index contributed by atoms with van der Waals surface area (Å²) in [6, 6.07) is 0.496. The molecule has 0 amide bonds. The van der Waals surface area contributed by atoms with Gasteiger partial charge in [0.2, 0.25) is 0 Å². The molecule has 18 heavy (non-hydrogen) atoms. The third-order valence-corrected chi connectivity index (χ3v) is 4.15. The van der Waals surface area contributed by atoms with Gasteiger partial charge in [-0.15, -0.1) is 11.6 Å². The number of imidazole rings is 1. The van der Waals surface area contributed by atoms with Crippen molar-refractivity contribution in [2.45, 2.75) is 38.1 Å². The van der Waals surface area contributed by atoms with E-state index in [1.165, 1.54) is 12.8 Å². The number of aromatic nitrogens is 3.